The van der Waals surface area contributed by atoms with E-state index in [0.717, 1.165) is 25.7 Å². The summed E-state index contributed by atoms with van der Waals surface area (Å²) in [5.74, 6) is -0.425. The number of hydrogen-bond acceptors (Lipinski definition) is 4. The molecule has 0 aliphatic rings. The molecule has 0 aromatic carbocycles. The Labute approximate surface area is 103 Å². The van der Waals surface area contributed by atoms with Crippen molar-refractivity contribution in [2.45, 2.75) is 52.5 Å². The number of amides is 1. The second-order valence-corrected chi connectivity index (χ2v) is 3.88. The number of alkyl carbamates (subject to hydrolysis) is 1. The van der Waals surface area contributed by atoms with E-state index < -0.39 is 18.1 Å². The van der Waals surface area contributed by atoms with Gasteiger partial charge >= 0.3 is 12.1 Å². The van der Waals surface area contributed by atoms with E-state index in [1.165, 1.54) is 0 Å². The Bertz CT molecular complexity index is 231. The lowest BCUT2D eigenvalue weighted by Gasteiger charge is -2.13. The minimum atomic E-state index is -0.666. The molecule has 0 aliphatic heterocycles. The summed E-state index contributed by atoms with van der Waals surface area (Å²) in [5, 5.41) is 2.43. The van der Waals surface area contributed by atoms with Gasteiger partial charge in [-0.15, -0.1) is 0 Å². The summed E-state index contributed by atoms with van der Waals surface area (Å²) < 4.78 is 9.83. The van der Waals surface area contributed by atoms with Gasteiger partial charge in [0.05, 0.1) is 13.2 Å². The molecular formula is C12H23NO4. The lowest BCUT2D eigenvalue weighted by molar-refractivity contribution is -0.145. The van der Waals surface area contributed by atoms with Crippen LogP contribution in [0, 0.1) is 0 Å². The SMILES string of the molecule is CCCCOC(=O)N[C@@H](C)C(=O)OCCCC. The van der Waals surface area contributed by atoms with Crippen LogP contribution in [0.25, 0.3) is 0 Å². The highest BCUT2D eigenvalue weighted by atomic mass is 16.6. The van der Waals surface area contributed by atoms with Crippen LogP contribution in [0.2, 0.25) is 0 Å². The summed E-state index contributed by atoms with van der Waals surface area (Å²) in [6.07, 6.45) is 3.01. The third-order valence-corrected chi connectivity index (χ3v) is 2.16. The third kappa shape index (κ3) is 8.54. The van der Waals surface area contributed by atoms with Crippen LogP contribution in [0.3, 0.4) is 0 Å². The normalized spacial score (nSPS) is 11.7. The topological polar surface area (TPSA) is 64.6 Å². The molecule has 5 nitrogen and oxygen atoms in total. The molecule has 1 N–H and O–H groups in total. The number of ether oxygens (including phenoxy) is 2. The Kier molecular flexibility index (Phi) is 9.19. The highest BCUT2D eigenvalue weighted by Crippen LogP contribution is 1.94. The first-order valence-corrected chi connectivity index (χ1v) is 6.21. The smallest absolute Gasteiger partial charge is 0.407 e. The van der Waals surface area contributed by atoms with E-state index in [1.807, 2.05) is 13.8 Å². The molecule has 0 radical (unpaired) electrons. The quantitative estimate of drug-likeness (QED) is 0.526. The lowest BCUT2D eigenvalue weighted by atomic mass is 10.3. The fraction of sp³-hybridized carbons (Fsp3) is 0.833. The van der Waals surface area contributed by atoms with Crippen molar-refractivity contribution in [3.05, 3.63) is 0 Å². The van der Waals surface area contributed by atoms with E-state index in [9.17, 15) is 9.59 Å². The fourth-order valence-electron chi connectivity index (χ4n) is 1.03. The van der Waals surface area contributed by atoms with Crippen molar-refractivity contribution >= 4 is 12.1 Å². The zero-order chi connectivity index (χ0) is 13.1. The summed E-state index contributed by atoms with van der Waals surface area (Å²) >= 11 is 0. The molecule has 0 saturated heterocycles. The van der Waals surface area contributed by atoms with E-state index in [-0.39, 0.29) is 0 Å². The van der Waals surface area contributed by atoms with E-state index in [4.69, 9.17) is 9.47 Å². The molecule has 0 bridgehead atoms. The molecule has 1 amide bonds. The Morgan fingerprint density at radius 3 is 2.12 bits per heavy atom. The van der Waals surface area contributed by atoms with Gasteiger partial charge in [0.25, 0.3) is 0 Å². The maximum atomic E-state index is 11.4. The first-order chi connectivity index (χ1) is 8.11. The Balaban J connectivity index is 3.71. The molecular weight excluding hydrogens is 222 g/mol. The summed E-state index contributed by atoms with van der Waals surface area (Å²) in [5.41, 5.74) is 0. The van der Waals surface area contributed by atoms with Crippen LogP contribution in [-0.4, -0.2) is 31.3 Å². The van der Waals surface area contributed by atoms with Crippen LogP contribution in [0.4, 0.5) is 4.79 Å². The summed E-state index contributed by atoms with van der Waals surface area (Å²) in [6.45, 7) is 6.37. The monoisotopic (exact) mass is 245 g/mol. The first-order valence-electron chi connectivity index (χ1n) is 6.21. The molecule has 0 heterocycles. The van der Waals surface area contributed by atoms with E-state index in [2.05, 4.69) is 5.32 Å². The molecule has 0 fully saturated rings. The molecule has 0 spiro atoms. The summed E-state index contributed by atoms with van der Waals surface area (Å²) in [4.78, 5) is 22.6. The Hall–Kier alpha value is -1.26. The number of esters is 1. The fourth-order valence-corrected chi connectivity index (χ4v) is 1.03. The van der Waals surface area contributed by atoms with Crippen LogP contribution in [0.15, 0.2) is 0 Å². The van der Waals surface area contributed by atoms with Gasteiger partial charge in [-0.2, -0.15) is 0 Å². The van der Waals surface area contributed by atoms with E-state index >= 15 is 0 Å². The number of hydrogen-bond donors (Lipinski definition) is 1. The van der Waals surface area contributed by atoms with Crippen molar-refractivity contribution in [3.8, 4) is 0 Å². The zero-order valence-corrected chi connectivity index (χ0v) is 11.0. The van der Waals surface area contributed by atoms with Crippen molar-refractivity contribution in [1.82, 2.24) is 5.32 Å². The molecule has 0 aliphatic carbocycles. The minimum Gasteiger partial charge on any atom is -0.464 e. The van der Waals surface area contributed by atoms with Gasteiger partial charge in [-0.05, 0) is 19.8 Å². The van der Waals surface area contributed by atoms with Gasteiger partial charge in [0, 0.05) is 0 Å². The van der Waals surface area contributed by atoms with Gasteiger partial charge in [0.15, 0.2) is 0 Å². The molecule has 17 heavy (non-hydrogen) atoms. The standard InChI is InChI=1S/C12H23NO4/c1-4-6-8-16-11(14)10(3)13-12(15)17-9-7-5-2/h10H,4-9H2,1-3H3,(H,13,15)/t10-/m0/s1. The minimum absolute atomic E-state index is 0.375. The molecule has 0 aromatic rings. The van der Waals surface area contributed by atoms with E-state index in [1.54, 1.807) is 6.92 Å². The number of nitrogens with one attached hydrogen (secondary N) is 1. The average Bonchev–Trinajstić information content (AvgIpc) is 2.29. The summed E-state index contributed by atoms with van der Waals surface area (Å²) in [7, 11) is 0. The maximum absolute atomic E-state index is 11.4. The van der Waals surface area contributed by atoms with Crippen molar-refractivity contribution in [2.24, 2.45) is 0 Å². The van der Waals surface area contributed by atoms with Crippen molar-refractivity contribution < 1.29 is 19.1 Å². The third-order valence-electron chi connectivity index (χ3n) is 2.16. The van der Waals surface area contributed by atoms with Gasteiger partial charge in [-0.3, -0.25) is 0 Å². The second-order valence-electron chi connectivity index (χ2n) is 3.88. The predicted molar refractivity (Wildman–Crippen MR) is 64.7 cm³/mol. The molecule has 100 valence electrons. The molecule has 0 saturated carbocycles. The number of unbranched alkanes of at least 4 members (excludes halogenated alkanes) is 2. The second kappa shape index (κ2) is 9.93. The molecule has 5 heteroatoms. The van der Waals surface area contributed by atoms with Crippen LogP contribution < -0.4 is 5.32 Å². The molecule has 0 unspecified atom stereocenters. The van der Waals surface area contributed by atoms with Gasteiger partial charge in [0.2, 0.25) is 0 Å². The zero-order valence-electron chi connectivity index (χ0n) is 11.0. The number of rotatable bonds is 8. The largest absolute Gasteiger partial charge is 0.464 e. The molecule has 0 rings (SSSR count). The molecule has 1 atom stereocenters. The van der Waals surface area contributed by atoms with Gasteiger partial charge in [-0.1, -0.05) is 26.7 Å². The van der Waals surface area contributed by atoms with Crippen LogP contribution in [0.5, 0.6) is 0 Å². The molecule has 0 aromatic heterocycles. The van der Waals surface area contributed by atoms with Crippen LogP contribution >= 0.6 is 0 Å². The van der Waals surface area contributed by atoms with Crippen LogP contribution in [0.1, 0.15) is 46.5 Å². The summed E-state index contributed by atoms with van der Waals surface area (Å²) in [6, 6.07) is -0.666. The number of carbonyl (C=O) groups is 2. The number of carbonyl (C=O) groups excluding carboxylic acids is 2. The van der Waals surface area contributed by atoms with Gasteiger partial charge in [0.1, 0.15) is 6.04 Å². The highest BCUT2D eigenvalue weighted by molar-refractivity contribution is 5.80. The Morgan fingerprint density at radius 2 is 1.59 bits per heavy atom. The van der Waals surface area contributed by atoms with Gasteiger partial charge < -0.3 is 14.8 Å². The highest BCUT2D eigenvalue weighted by Gasteiger charge is 2.17. The maximum Gasteiger partial charge on any atom is 0.407 e. The van der Waals surface area contributed by atoms with E-state index in [0.29, 0.717) is 13.2 Å². The lowest BCUT2D eigenvalue weighted by Crippen LogP contribution is -2.40. The van der Waals surface area contributed by atoms with Crippen LogP contribution in [-0.2, 0) is 14.3 Å². The Morgan fingerprint density at radius 1 is 1.06 bits per heavy atom. The average molecular weight is 245 g/mol. The first kappa shape index (κ1) is 15.7. The van der Waals surface area contributed by atoms with Crippen molar-refractivity contribution in [2.75, 3.05) is 13.2 Å². The van der Waals surface area contributed by atoms with Gasteiger partial charge in [-0.25, -0.2) is 9.59 Å². The predicted octanol–water partition coefficient (Wildman–Crippen LogP) is 2.24. The van der Waals surface area contributed by atoms with Crippen molar-refractivity contribution in [1.29, 1.82) is 0 Å². The van der Waals surface area contributed by atoms with Crippen molar-refractivity contribution in [3.63, 3.8) is 0 Å².